The van der Waals surface area contributed by atoms with Crippen LogP contribution in [0, 0.1) is 5.92 Å². The van der Waals surface area contributed by atoms with Gasteiger partial charge in [0.1, 0.15) is 0 Å². The Labute approximate surface area is 130 Å². The molecule has 0 saturated heterocycles. The molecule has 1 aromatic carbocycles. The molecule has 22 heavy (non-hydrogen) atoms. The number of aliphatic imine (C=N–C) groups is 1. The number of nitrogens with zero attached hydrogens (tertiary/aromatic N) is 1. The lowest BCUT2D eigenvalue weighted by Crippen LogP contribution is -2.29. The Balaban J connectivity index is 1.90. The number of carbonyl (C=O) groups excluding carboxylic acids is 2. The van der Waals surface area contributed by atoms with Crippen LogP contribution in [0.2, 0.25) is 0 Å². The molecule has 112 valence electrons. The molecule has 3 heteroatoms. The van der Waals surface area contributed by atoms with E-state index >= 15 is 0 Å². The van der Waals surface area contributed by atoms with Crippen LogP contribution in [-0.4, -0.2) is 17.4 Å². The third kappa shape index (κ3) is 2.84. The van der Waals surface area contributed by atoms with Crippen LogP contribution in [0.25, 0.3) is 6.08 Å². The van der Waals surface area contributed by atoms with E-state index in [9.17, 15) is 9.59 Å². The number of hydrogen-bond acceptors (Lipinski definition) is 2. The van der Waals surface area contributed by atoms with Crippen molar-refractivity contribution in [3.63, 3.8) is 0 Å². The Kier molecular flexibility index (Phi) is 4.14. The monoisotopic (exact) mass is 293 g/mol. The van der Waals surface area contributed by atoms with E-state index in [-0.39, 0.29) is 17.6 Å². The summed E-state index contributed by atoms with van der Waals surface area (Å²) in [5.74, 6) is -0.393. The van der Waals surface area contributed by atoms with Crippen LogP contribution >= 0.6 is 0 Å². The molecular formula is C19H19NO2. The van der Waals surface area contributed by atoms with Crippen molar-refractivity contribution in [1.29, 1.82) is 0 Å². The Morgan fingerprint density at radius 2 is 2.00 bits per heavy atom. The van der Waals surface area contributed by atoms with E-state index in [1.54, 1.807) is 6.08 Å². The second-order valence-corrected chi connectivity index (χ2v) is 5.87. The van der Waals surface area contributed by atoms with Crippen molar-refractivity contribution >= 4 is 23.5 Å². The van der Waals surface area contributed by atoms with Gasteiger partial charge in [-0.2, -0.15) is 0 Å². The van der Waals surface area contributed by atoms with Gasteiger partial charge in [0.2, 0.25) is 0 Å². The number of amides is 1. The first kappa shape index (κ1) is 14.6. The number of ketones is 1. The fourth-order valence-corrected chi connectivity index (χ4v) is 3.29. The molecule has 0 aromatic heterocycles. The molecule has 1 fully saturated rings. The lowest BCUT2D eigenvalue weighted by atomic mass is 9.76. The minimum atomic E-state index is -0.367. The van der Waals surface area contributed by atoms with Gasteiger partial charge in [0.25, 0.3) is 5.91 Å². The molecule has 1 aliphatic carbocycles. The van der Waals surface area contributed by atoms with Crippen molar-refractivity contribution in [3.8, 4) is 0 Å². The first-order chi connectivity index (χ1) is 10.7. The second-order valence-electron chi connectivity index (χ2n) is 5.87. The molecule has 0 radical (unpaired) electrons. The van der Waals surface area contributed by atoms with Crippen LogP contribution < -0.4 is 0 Å². The number of allylic oxidation sites excluding steroid dienone is 2. The van der Waals surface area contributed by atoms with Gasteiger partial charge in [0.05, 0.1) is 5.57 Å². The van der Waals surface area contributed by atoms with Gasteiger partial charge in [-0.3, -0.25) is 9.59 Å². The Morgan fingerprint density at radius 1 is 1.23 bits per heavy atom. The van der Waals surface area contributed by atoms with E-state index < -0.39 is 0 Å². The summed E-state index contributed by atoms with van der Waals surface area (Å²) in [5.41, 5.74) is 3.13. The maximum absolute atomic E-state index is 12.5. The predicted octanol–water partition coefficient (Wildman–Crippen LogP) is 3.76. The summed E-state index contributed by atoms with van der Waals surface area (Å²) in [6.45, 7) is 1.90. The van der Waals surface area contributed by atoms with Gasteiger partial charge in [0.15, 0.2) is 5.78 Å². The molecule has 2 aliphatic rings. The molecule has 0 spiro atoms. The summed E-state index contributed by atoms with van der Waals surface area (Å²) in [7, 11) is 0. The normalized spacial score (nSPS) is 21.8. The third-order valence-electron chi connectivity index (χ3n) is 4.40. The van der Waals surface area contributed by atoms with Crippen molar-refractivity contribution < 1.29 is 9.59 Å². The summed E-state index contributed by atoms with van der Waals surface area (Å²) in [6, 6.07) is 9.62. The number of dihydropyridines is 1. The second kappa shape index (κ2) is 6.22. The lowest BCUT2D eigenvalue weighted by molar-refractivity contribution is -0.118. The average molecular weight is 293 g/mol. The molecule has 1 amide bonds. The fraction of sp³-hybridized carbons (Fsp3) is 0.316. The number of benzene rings is 1. The summed E-state index contributed by atoms with van der Waals surface area (Å²) in [6.07, 6.45) is 7.27. The van der Waals surface area contributed by atoms with Crippen LogP contribution in [0.4, 0.5) is 0 Å². The van der Waals surface area contributed by atoms with Gasteiger partial charge < -0.3 is 0 Å². The predicted molar refractivity (Wildman–Crippen MR) is 87.6 cm³/mol. The minimum Gasteiger partial charge on any atom is -0.289 e. The Bertz CT molecular complexity index is 695. The first-order valence-corrected chi connectivity index (χ1v) is 7.77. The maximum atomic E-state index is 12.5. The summed E-state index contributed by atoms with van der Waals surface area (Å²) in [5, 5.41) is 0. The van der Waals surface area contributed by atoms with Crippen molar-refractivity contribution in [2.45, 2.75) is 32.6 Å². The first-order valence-electron chi connectivity index (χ1n) is 7.77. The topological polar surface area (TPSA) is 46.5 Å². The molecule has 1 aliphatic heterocycles. The zero-order valence-electron chi connectivity index (χ0n) is 12.7. The van der Waals surface area contributed by atoms with Gasteiger partial charge >= 0.3 is 0 Å². The van der Waals surface area contributed by atoms with Crippen LogP contribution in [0.1, 0.15) is 38.2 Å². The SMILES string of the molecule is CC1=NC(=O)C(C(=O)/C=C/c2ccccc2)=C2CCCCC12. The van der Waals surface area contributed by atoms with Gasteiger partial charge in [-0.1, -0.05) is 42.8 Å². The molecule has 0 bridgehead atoms. The molecular weight excluding hydrogens is 274 g/mol. The highest BCUT2D eigenvalue weighted by atomic mass is 16.2. The van der Waals surface area contributed by atoms with E-state index in [4.69, 9.17) is 0 Å². The number of rotatable bonds is 3. The zero-order chi connectivity index (χ0) is 15.5. The molecule has 0 N–H and O–H groups in total. The number of fused-ring (bicyclic) bond motifs is 1. The van der Waals surface area contributed by atoms with Crippen LogP contribution in [0.3, 0.4) is 0 Å². The summed E-state index contributed by atoms with van der Waals surface area (Å²) < 4.78 is 0. The highest BCUT2D eigenvalue weighted by molar-refractivity contribution is 6.28. The Morgan fingerprint density at radius 3 is 2.77 bits per heavy atom. The van der Waals surface area contributed by atoms with Gasteiger partial charge in [-0.05, 0) is 43.4 Å². The van der Waals surface area contributed by atoms with E-state index in [1.807, 2.05) is 37.3 Å². The van der Waals surface area contributed by atoms with Crippen molar-refractivity contribution in [2.75, 3.05) is 0 Å². The summed E-state index contributed by atoms with van der Waals surface area (Å²) >= 11 is 0. The number of hydrogen-bond donors (Lipinski definition) is 0. The standard InChI is InChI=1S/C19H19NO2/c1-13-15-9-5-6-10-16(15)18(19(22)20-13)17(21)12-11-14-7-3-2-4-8-14/h2-4,7-8,11-12,15H,5-6,9-10H2,1H3/b12-11+. The van der Waals surface area contributed by atoms with Crippen molar-refractivity contribution in [3.05, 3.63) is 53.1 Å². The molecule has 1 atom stereocenters. The number of carbonyl (C=O) groups is 2. The fourth-order valence-electron chi connectivity index (χ4n) is 3.29. The largest absolute Gasteiger partial charge is 0.289 e. The van der Waals surface area contributed by atoms with Crippen LogP contribution in [-0.2, 0) is 9.59 Å². The Hall–Kier alpha value is -2.29. The van der Waals surface area contributed by atoms with Crippen LogP contribution in [0.15, 0.2) is 52.5 Å². The highest BCUT2D eigenvalue weighted by Gasteiger charge is 2.33. The highest BCUT2D eigenvalue weighted by Crippen LogP contribution is 2.36. The quantitative estimate of drug-likeness (QED) is 0.629. The molecule has 1 heterocycles. The summed E-state index contributed by atoms with van der Waals surface area (Å²) in [4.78, 5) is 28.8. The third-order valence-corrected chi connectivity index (χ3v) is 4.40. The van der Waals surface area contributed by atoms with Crippen molar-refractivity contribution in [1.82, 2.24) is 0 Å². The maximum Gasteiger partial charge on any atom is 0.280 e. The smallest absolute Gasteiger partial charge is 0.280 e. The van der Waals surface area contributed by atoms with E-state index in [2.05, 4.69) is 4.99 Å². The van der Waals surface area contributed by atoms with E-state index in [1.165, 1.54) is 6.08 Å². The minimum absolute atomic E-state index is 0.190. The van der Waals surface area contributed by atoms with Gasteiger partial charge in [0, 0.05) is 11.6 Å². The van der Waals surface area contributed by atoms with E-state index in [0.29, 0.717) is 5.57 Å². The van der Waals surface area contributed by atoms with Crippen LogP contribution in [0.5, 0.6) is 0 Å². The molecule has 1 saturated carbocycles. The van der Waals surface area contributed by atoms with Crippen molar-refractivity contribution in [2.24, 2.45) is 10.9 Å². The average Bonchev–Trinajstić information content (AvgIpc) is 2.54. The molecule has 3 rings (SSSR count). The molecule has 1 aromatic rings. The molecule has 1 unspecified atom stereocenters. The van der Waals surface area contributed by atoms with E-state index in [0.717, 1.165) is 42.5 Å². The zero-order valence-corrected chi connectivity index (χ0v) is 12.7. The lowest BCUT2D eigenvalue weighted by Gasteiger charge is -2.29. The van der Waals surface area contributed by atoms with Gasteiger partial charge in [-0.15, -0.1) is 0 Å². The molecule has 3 nitrogen and oxygen atoms in total. The van der Waals surface area contributed by atoms with Gasteiger partial charge in [-0.25, -0.2) is 4.99 Å².